The Labute approximate surface area is 172 Å². The Morgan fingerprint density at radius 2 is 1.70 bits per heavy atom. The van der Waals surface area contributed by atoms with E-state index in [2.05, 4.69) is 19.8 Å². The number of hydrogen-bond acceptors (Lipinski definition) is 4. The predicted molar refractivity (Wildman–Crippen MR) is 99.7 cm³/mol. The van der Waals surface area contributed by atoms with Gasteiger partial charge < -0.3 is 14.8 Å². The van der Waals surface area contributed by atoms with Crippen LogP contribution in [0.4, 0.5) is 27.8 Å². The van der Waals surface area contributed by atoms with Gasteiger partial charge in [-0.1, -0.05) is 29.8 Å². The first-order valence-electron chi connectivity index (χ1n) is 8.57. The number of aromatic nitrogens is 1. The molecule has 0 bridgehead atoms. The molecule has 156 valence electrons. The lowest BCUT2D eigenvalue weighted by Gasteiger charge is -2.13. The van der Waals surface area contributed by atoms with Crippen molar-refractivity contribution in [3.63, 3.8) is 0 Å². The molecule has 4 rings (SSSR count). The molecule has 0 saturated heterocycles. The number of halogens is 6. The van der Waals surface area contributed by atoms with Gasteiger partial charge in [-0.05, 0) is 29.8 Å². The number of hydrogen-bond donors (Lipinski definition) is 1. The summed E-state index contributed by atoms with van der Waals surface area (Å²) in [5.41, 5.74) is 0.245. The topological polar surface area (TPSA) is 43.4 Å². The van der Waals surface area contributed by atoms with Gasteiger partial charge in [-0.25, -0.2) is 4.98 Å². The molecule has 1 aromatic heterocycles. The minimum Gasteiger partial charge on any atom is -0.395 e. The second-order valence-corrected chi connectivity index (χ2v) is 6.79. The summed E-state index contributed by atoms with van der Waals surface area (Å²) in [5.74, 6) is -0.00666. The van der Waals surface area contributed by atoms with Crippen molar-refractivity contribution >= 4 is 17.4 Å². The van der Waals surface area contributed by atoms with E-state index in [4.69, 9.17) is 11.6 Å². The molecule has 0 aliphatic carbocycles. The Balaban J connectivity index is 1.51. The number of ether oxygens (including phenoxy) is 2. The Kier molecular flexibility index (Phi) is 4.93. The van der Waals surface area contributed by atoms with Gasteiger partial charge in [0.05, 0.1) is 10.6 Å². The van der Waals surface area contributed by atoms with Crippen LogP contribution in [0.1, 0.15) is 11.1 Å². The van der Waals surface area contributed by atoms with Crippen LogP contribution >= 0.6 is 11.6 Å². The standard InChI is InChI=1S/C20H12ClF5N2O2/c21-15-8-17-16(29-20(25,26)30-17)7-13(15)11-5-6-18(27-9-11)28-10-12-3-1-2-4-14(12)19(22,23)24/h1-9H,10H2,(H,27,28). The number of rotatable bonds is 4. The first kappa shape index (κ1) is 20.2. The third-order valence-electron chi connectivity index (χ3n) is 4.35. The highest BCUT2D eigenvalue weighted by Crippen LogP contribution is 2.46. The van der Waals surface area contributed by atoms with Gasteiger partial charge in [-0.3, -0.25) is 0 Å². The lowest BCUT2D eigenvalue weighted by atomic mass is 10.1. The fourth-order valence-corrected chi connectivity index (χ4v) is 3.25. The van der Waals surface area contributed by atoms with Crippen LogP contribution in [0.15, 0.2) is 54.7 Å². The molecule has 0 radical (unpaired) electrons. The fraction of sp³-hybridized carbons (Fsp3) is 0.150. The minimum absolute atomic E-state index is 0.0793. The summed E-state index contributed by atoms with van der Waals surface area (Å²) in [4.78, 5) is 4.15. The van der Waals surface area contributed by atoms with Crippen molar-refractivity contribution < 1.29 is 31.4 Å². The summed E-state index contributed by atoms with van der Waals surface area (Å²) in [6.45, 7) is -0.0815. The van der Waals surface area contributed by atoms with Crippen molar-refractivity contribution in [1.82, 2.24) is 4.98 Å². The highest BCUT2D eigenvalue weighted by Gasteiger charge is 2.43. The SMILES string of the molecule is FC1(F)Oc2cc(Cl)c(-c3ccc(NCc4ccccc4C(F)(F)F)nc3)cc2O1. The van der Waals surface area contributed by atoms with E-state index in [1.165, 1.54) is 36.5 Å². The van der Waals surface area contributed by atoms with Crippen LogP contribution in [-0.2, 0) is 12.7 Å². The molecule has 0 unspecified atom stereocenters. The normalized spacial score (nSPS) is 14.6. The maximum Gasteiger partial charge on any atom is 0.586 e. The number of benzene rings is 2. The first-order chi connectivity index (χ1) is 14.1. The molecule has 3 aromatic rings. The van der Waals surface area contributed by atoms with Crippen molar-refractivity contribution in [1.29, 1.82) is 0 Å². The second kappa shape index (κ2) is 7.32. The summed E-state index contributed by atoms with van der Waals surface area (Å²) in [5, 5.41) is 2.98. The number of anilines is 1. The van der Waals surface area contributed by atoms with E-state index in [1.54, 1.807) is 12.1 Å². The fourth-order valence-electron chi connectivity index (χ4n) is 2.99. The number of pyridine rings is 1. The summed E-state index contributed by atoms with van der Waals surface area (Å²) in [6.07, 6.45) is -6.80. The highest BCUT2D eigenvalue weighted by atomic mass is 35.5. The van der Waals surface area contributed by atoms with E-state index >= 15 is 0 Å². The van der Waals surface area contributed by atoms with Crippen LogP contribution in [0.2, 0.25) is 5.02 Å². The van der Waals surface area contributed by atoms with E-state index in [-0.39, 0.29) is 28.6 Å². The summed E-state index contributed by atoms with van der Waals surface area (Å²) in [6, 6.07) is 10.9. The van der Waals surface area contributed by atoms with Crippen LogP contribution in [-0.4, -0.2) is 11.3 Å². The molecule has 0 fully saturated rings. The van der Waals surface area contributed by atoms with E-state index in [0.717, 1.165) is 6.07 Å². The van der Waals surface area contributed by atoms with Gasteiger partial charge in [0.15, 0.2) is 11.5 Å². The van der Waals surface area contributed by atoms with Gasteiger partial charge in [0.2, 0.25) is 0 Å². The molecular weight excluding hydrogens is 431 g/mol. The van der Waals surface area contributed by atoms with Crippen LogP contribution in [0.3, 0.4) is 0 Å². The molecule has 2 heterocycles. The predicted octanol–water partition coefficient (Wildman–Crippen LogP) is 6.35. The minimum atomic E-state index is -4.46. The maximum atomic E-state index is 13.2. The van der Waals surface area contributed by atoms with E-state index in [0.29, 0.717) is 16.9 Å². The molecule has 0 amide bonds. The zero-order valence-corrected chi connectivity index (χ0v) is 15.7. The molecule has 1 aliphatic rings. The van der Waals surface area contributed by atoms with Crippen molar-refractivity contribution in [3.8, 4) is 22.6 Å². The molecule has 4 nitrogen and oxygen atoms in total. The maximum absolute atomic E-state index is 13.2. The monoisotopic (exact) mass is 442 g/mol. The van der Waals surface area contributed by atoms with Gasteiger partial charge in [-0.15, -0.1) is 8.78 Å². The Bertz CT molecular complexity index is 1090. The van der Waals surface area contributed by atoms with Crippen LogP contribution in [0, 0.1) is 0 Å². The van der Waals surface area contributed by atoms with Crippen molar-refractivity contribution in [2.45, 2.75) is 19.0 Å². The number of nitrogens with one attached hydrogen (secondary N) is 1. The largest absolute Gasteiger partial charge is 0.586 e. The number of nitrogens with zero attached hydrogens (tertiary/aromatic N) is 1. The molecule has 30 heavy (non-hydrogen) atoms. The molecule has 0 saturated carbocycles. The smallest absolute Gasteiger partial charge is 0.395 e. The average molecular weight is 443 g/mol. The van der Waals surface area contributed by atoms with Gasteiger partial charge in [0.25, 0.3) is 0 Å². The molecule has 2 aromatic carbocycles. The van der Waals surface area contributed by atoms with Crippen LogP contribution in [0.25, 0.3) is 11.1 Å². The third-order valence-corrected chi connectivity index (χ3v) is 4.66. The Morgan fingerprint density at radius 3 is 2.37 bits per heavy atom. The molecule has 1 N–H and O–H groups in total. The lowest BCUT2D eigenvalue weighted by molar-refractivity contribution is -0.286. The van der Waals surface area contributed by atoms with Crippen LogP contribution in [0.5, 0.6) is 11.5 Å². The average Bonchev–Trinajstić information content (AvgIpc) is 2.98. The van der Waals surface area contributed by atoms with Gasteiger partial charge >= 0.3 is 12.5 Å². The van der Waals surface area contributed by atoms with E-state index in [9.17, 15) is 22.0 Å². The summed E-state index contributed by atoms with van der Waals surface area (Å²) >= 11 is 6.15. The first-order valence-corrected chi connectivity index (χ1v) is 8.95. The van der Waals surface area contributed by atoms with Crippen molar-refractivity contribution in [2.75, 3.05) is 5.32 Å². The Morgan fingerprint density at radius 1 is 1.00 bits per heavy atom. The van der Waals surface area contributed by atoms with Crippen molar-refractivity contribution in [2.24, 2.45) is 0 Å². The molecular formula is C20H12ClF5N2O2. The quantitative estimate of drug-likeness (QED) is 0.478. The van der Waals surface area contributed by atoms with E-state index < -0.39 is 18.0 Å². The van der Waals surface area contributed by atoms with Gasteiger partial charge in [0, 0.05) is 29.9 Å². The molecule has 10 heteroatoms. The third kappa shape index (κ3) is 4.11. The molecule has 0 spiro atoms. The highest BCUT2D eigenvalue weighted by molar-refractivity contribution is 6.33. The van der Waals surface area contributed by atoms with Gasteiger partial charge in [0.1, 0.15) is 5.82 Å². The summed E-state index contributed by atoms with van der Waals surface area (Å²) in [7, 11) is 0. The molecule has 1 aliphatic heterocycles. The second-order valence-electron chi connectivity index (χ2n) is 6.39. The Hall–Kier alpha value is -3.07. The molecule has 0 atom stereocenters. The van der Waals surface area contributed by atoms with Crippen molar-refractivity contribution in [3.05, 3.63) is 70.9 Å². The number of alkyl halides is 5. The lowest BCUT2D eigenvalue weighted by Crippen LogP contribution is -2.25. The van der Waals surface area contributed by atoms with Crippen LogP contribution < -0.4 is 14.8 Å². The zero-order valence-electron chi connectivity index (χ0n) is 14.9. The van der Waals surface area contributed by atoms with Gasteiger partial charge in [-0.2, -0.15) is 13.2 Å². The van der Waals surface area contributed by atoms with E-state index in [1.807, 2.05) is 0 Å². The zero-order chi connectivity index (χ0) is 21.5. The summed E-state index contributed by atoms with van der Waals surface area (Å²) < 4.78 is 74.4. The number of fused-ring (bicyclic) bond motifs is 1.